The molecule has 0 aliphatic heterocycles. The minimum atomic E-state index is 0.653. The third-order valence-electron chi connectivity index (χ3n) is 4.10. The van der Waals surface area contributed by atoms with Gasteiger partial charge >= 0.3 is 0 Å². The van der Waals surface area contributed by atoms with Crippen LogP contribution in [0.25, 0.3) is 5.57 Å². The zero-order valence-electron chi connectivity index (χ0n) is 15.6. The molecule has 2 aromatic rings. The maximum absolute atomic E-state index is 6.03. The van der Waals surface area contributed by atoms with E-state index in [2.05, 4.69) is 62.9 Å². The van der Waals surface area contributed by atoms with Gasteiger partial charge in [-0.1, -0.05) is 81.5 Å². The van der Waals surface area contributed by atoms with Gasteiger partial charge in [0.05, 0.1) is 0 Å². The van der Waals surface area contributed by atoms with E-state index in [1.807, 2.05) is 31.2 Å². The highest BCUT2D eigenvalue weighted by Gasteiger charge is 2.07. The van der Waals surface area contributed by atoms with Crippen LogP contribution in [0.15, 0.2) is 79.1 Å². The fourth-order valence-electron chi connectivity index (χ4n) is 2.92. The van der Waals surface area contributed by atoms with Crippen molar-refractivity contribution in [3.63, 3.8) is 0 Å². The van der Waals surface area contributed by atoms with E-state index < -0.39 is 0 Å². The van der Waals surface area contributed by atoms with Crippen LogP contribution < -0.4 is 4.74 Å². The quantitative estimate of drug-likeness (QED) is 0.383. The Morgan fingerprint density at radius 1 is 1.00 bits per heavy atom. The molecule has 2 rings (SSSR count). The summed E-state index contributed by atoms with van der Waals surface area (Å²) in [6.45, 7) is 10.5. The summed E-state index contributed by atoms with van der Waals surface area (Å²) in [6.07, 6.45) is 9.34. The van der Waals surface area contributed by atoms with Crippen LogP contribution in [0.5, 0.6) is 5.75 Å². The zero-order valence-corrected chi connectivity index (χ0v) is 15.6. The highest BCUT2D eigenvalue weighted by Crippen LogP contribution is 2.25. The van der Waals surface area contributed by atoms with Gasteiger partial charge in [-0.3, -0.25) is 0 Å². The summed E-state index contributed by atoms with van der Waals surface area (Å²) in [5.41, 5.74) is 4.92. The van der Waals surface area contributed by atoms with E-state index in [4.69, 9.17) is 4.74 Å². The lowest BCUT2D eigenvalue weighted by Crippen LogP contribution is -1.97. The van der Waals surface area contributed by atoms with Crippen molar-refractivity contribution in [2.24, 2.45) is 0 Å². The second-order valence-electron chi connectivity index (χ2n) is 6.04. The van der Waals surface area contributed by atoms with Crippen molar-refractivity contribution in [3.8, 4) is 5.75 Å². The number of rotatable bonds is 8. The molecule has 25 heavy (non-hydrogen) atoms. The Balaban J connectivity index is 2.32. The fraction of sp³-hybridized carbons (Fsp3) is 0.250. The predicted molar refractivity (Wildman–Crippen MR) is 109 cm³/mol. The normalized spacial score (nSPS) is 11.7. The number of ether oxygens (including phenoxy) is 1. The molecule has 0 heterocycles. The molecule has 0 N–H and O–H groups in total. The lowest BCUT2D eigenvalue weighted by molar-refractivity contribution is 0.442. The molecule has 0 aliphatic carbocycles. The number of benzene rings is 2. The van der Waals surface area contributed by atoms with Crippen LogP contribution in [-0.2, 0) is 12.8 Å². The number of aryl methyl sites for hydroxylation is 2. The lowest BCUT2D eigenvalue weighted by atomic mass is 9.96. The Bertz CT molecular complexity index is 765. The first kappa shape index (κ1) is 18.8. The minimum absolute atomic E-state index is 0.653. The Hall–Kier alpha value is -2.54. The molecule has 0 unspecified atom stereocenters. The molecular formula is C24H28O. The van der Waals surface area contributed by atoms with Gasteiger partial charge in [0.1, 0.15) is 11.5 Å². The van der Waals surface area contributed by atoms with Gasteiger partial charge in [0.25, 0.3) is 0 Å². The van der Waals surface area contributed by atoms with E-state index in [9.17, 15) is 0 Å². The van der Waals surface area contributed by atoms with E-state index in [0.717, 1.165) is 30.6 Å². The van der Waals surface area contributed by atoms with Crippen LogP contribution in [0.2, 0.25) is 0 Å². The summed E-state index contributed by atoms with van der Waals surface area (Å²) in [7, 11) is 0. The average Bonchev–Trinajstić information content (AvgIpc) is 2.62. The Morgan fingerprint density at radius 2 is 1.68 bits per heavy atom. The van der Waals surface area contributed by atoms with Gasteiger partial charge in [0.15, 0.2) is 0 Å². The topological polar surface area (TPSA) is 9.23 Å². The minimum Gasteiger partial charge on any atom is -0.458 e. The number of hydrogen-bond donors (Lipinski definition) is 0. The fourth-order valence-corrected chi connectivity index (χ4v) is 2.92. The molecule has 0 saturated heterocycles. The first-order valence-corrected chi connectivity index (χ1v) is 9.06. The molecular weight excluding hydrogens is 304 g/mol. The molecule has 130 valence electrons. The molecule has 0 fully saturated rings. The van der Waals surface area contributed by atoms with Gasteiger partial charge in [0, 0.05) is 0 Å². The second kappa shape index (κ2) is 9.68. The highest BCUT2D eigenvalue weighted by molar-refractivity contribution is 5.77. The van der Waals surface area contributed by atoms with Crippen LogP contribution in [0, 0.1) is 0 Å². The third kappa shape index (κ3) is 5.22. The Kier molecular flexibility index (Phi) is 7.28. The van der Waals surface area contributed by atoms with E-state index in [-0.39, 0.29) is 0 Å². The maximum atomic E-state index is 6.03. The van der Waals surface area contributed by atoms with E-state index in [0.29, 0.717) is 5.76 Å². The summed E-state index contributed by atoms with van der Waals surface area (Å²) < 4.78 is 6.03. The molecule has 1 heteroatoms. The summed E-state index contributed by atoms with van der Waals surface area (Å²) in [5, 5.41) is 0. The van der Waals surface area contributed by atoms with Gasteiger partial charge < -0.3 is 4.74 Å². The van der Waals surface area contributed by atoms with Gasteiger partial charge in [0.2, 0.25) is 0 Å². The van der Waals surface area contributed by atoms with Crippen molar-refractivity contribution in [2.75, 3.05) is 0 Å². The molecule has 0 amide bonds. The smallest absolute Gasteiger partial charge is 0.130 e. The van der Waals surface area contributed by atoms with Crippen LogP contribution in [0.3, 0.4) is 0 Å². The number of allylic oxidation sites excluding steroid dienone is 4. The predicted octanol–water partition coefficient (Wildman–Crippen LogP) is 6.75. The van der Waals surface area contributed by atoms with Crippen LogP contribution >= 0.6 is 0 Å². The Labute approximate surface area is 152 Å². The molecule has 1 nitrogen and oxygen atoms in total. The maximum Gasteiger partial charge on any atom is 0.130 e. The van der Waals surface area contributed by atoms with Gasteiger partial charge in [-0.25, -0.2) is 0 Å². The zero-order chi connectivity index (χ0) is 18.1. The standard InChI is InChI=1S/C24H28O/c1-5-12-21-15-8-10-16-23(21)22(13-6-2)18-19(4)25-24-17-11-9-14-20(24)7-3/h6,8-11,13-18H,4-5,7,12H2,1-3H3/b13-6-,22-18-. The highest BCUT2D eigenvalue weighted by atomic mass is 16.5. The summed E-state index contributed by atoms with van der Waals surface area (Å²) in [6, 6.07) is 16.7. The molecule has 2 aromatic carbocycles. The monoisotopic (exact) mass is 332 g/mol. The molecule has 0 aromatic heterocycles. The van der Waals surface area contributed by atoms with Gasteiger partial charge in [-0.15, -0.1) is 0 Å². The first-order chi connectivity index (χ1) is 12.2. The molecule has 0 saturated carbocycles. The van der Waals surface area contributed by atoms with Crippen molar-refractivity contribution in [1.82, 2.24) is 0 Å². The van der Waals surface area contributed by atoms with Crippen LogP contribution in [0.1, 0.15) is 43.9 Å². The van der Waals surface area contributed by atoms with Gasteiger partial charge in [-0.2, -0.15) is 0 Å². The molecule has 0 spiro atoms. The summed E-state index contributed by atoms with van der Waals surface area (Å²) in [5.74, 6) is 1.54. The average molecular weight is 332 g/mol. The molecule has 0 bridgehead atoms. The van der Waals surface area contributed by atoms with Crippen molar-refractivity contribution < 1.29 is 4.74 Å². The number of para-hydroxylation sites is 1. The molecule has 0 radical (unpaired) electrons. The summed E-state index contributed by atoms with van der Waals surface area (Å²) in [4.78, 5) is 0. The second-order valence-corrected chi connectivity index (χ2v) is 6.04. The van der Waals surface area contributed by atoms with Crippen molar-refractivity contribution >= 4 is 5.57 Å². The van der Waals surface area contributed by atoms with Crippen LogP contribution in [0.4, 0.5) is 0 Å². The molecule has 0 atom stereocenters. The lowest BCUT2D eigenvalue weighted by Gasteiger charge is -2.13. The molecule has 0 aliphatic rings. The van der Waals surface area contributed by atoms with Crippen LogP contribution in [-0.4, -0.2) is 0 Å². The van der Waals surface area contributed by atoms with Crippen molar-refractivity contribution in [2.45, 2.75) is 40.0 Å². The third-order valence-corrected chi connectivity index (χ3v) is 4.10. The SMILES string of the molecule is C=C(/C=C(/C=C\C)c1ccccc1CCC)Oc1ccccc1CC. The Morgan fingerprint density at radius 3 is 2.36 bits per heavy atom. The van der Waals surface area contributed by atoms with Gasteiger partial charge in [-0.05, 0) is 54.2 Å². The van der Waals surface area contributed by atoms with Crippen molar-refractivity contribution in [1.29, 1.82) is 0 Å². The van der Waals surface area contributed by atoms with Crippen molar-refractivity contribution in [3.05, 3.63) is 95.8 Å². The van der Waals surface area contributed by atoms with E-state index in [1.165, 1.54) is 16.7 Å². The summed E-state index contributed by atoms with van der Waals surface area (Å²) >= 11 is 0. The first-order valence-electron chi connectivity index (χ1n) is 9.06. The van der Waals surface area contributed by atoms with E-state index >= 15 is 0 Å². The largest absolute Gasteiger partial charge is 0.458 e. The number of hydrogen-bond acceptors (Lipinski definition) is 1. The van der Waals surface area contributed by atoms with E-state index in [1.54, 1.807) is 0 Å².